The number of carbonyl (C=O) groups is 1. The Labute approximate surface area is 184 Å². The Morgan fingerprint density at radius 1 is 1.10 bits per heavy atom. The van der Waals surface area contributed by atoms with Gasteiger partial charge in [-0.25, -0.2) is 14.4 Å². The zero-order valence-electron chi connectivity index (χ0n) is 17.1. The molecule has 158 valence electrons. The number of thiazole rings is 1. The minimum absolute atomic E-state index is 0.189. The van der Waals surface area contributed by atoms with Crippen molar-refractivity contribution in [2.75, 3.05) is 6.54 Å². The van der Waals surface area contributed by atoms with E-state index in [2.05, 4.69) is 15.3 Å². The van der Waals surface area contributed by atoms with Crippen molar-refractivity contribution in [1.82, 2.24) is 15.3 Å². The minimum atomic E-state index is -0.385. The van der Waals surface area contributed by atoms with Crippen LogP contribution in [0.2, 0.25) is 0 Å². The van der Waals surface area contributed by atoms with Crippen molar-refractivity contribution in [2.45, 2.75) is 26.2 Å². The quantitative estimate of drug-likeness (QED) is 0.362. The summed E-state index contributed by atoms with van der Waals surface area (Å²) >= 11 is 1.67. The Morgan fingerprint density at radius 3 is 2.65 bits per heavy atom. The van der Waals surface area contributed by atoms with Crippen LogP contribution >= 0.6 is 11.3 Å². The van der Waals surface area contributed by atoms with Gasteiger partial charge in [-0.05, 0) is 50.5 Å². The van der Waals surface area contributed by atoms with Gasteiger partial charge in [-0.2, -0.15) is 0 Å². The zero-order chi connectivity index (χ0) is 21.6. The summed E-state index contributed by atoms with van der Waals surface area (Å²) in [6.45, 7) is 2.56. The average molecular weight is 436 g/mol. The van der Waals surface area contributed by atoms with Crippen LogP contribution in [0, 0.1) is 12.7 Å². The molecule has 0 saturated heterocycles. The van der Waals surface area contributed by atoms with E-state index in [9.17, 15) is 9.18 Å². The maximum absolute atomic E-state index is 14.1. The van der Waals surface area contributed by atoms with Gasteiger partial charge in [-0.15, -0.1) is 11.3 Å². The molecule has 0 bridgehead atoms. The van der Waals surface area contributed by atoms with Gasteiger partial charge in [0, 0.05) is 23.2 Å². The number of hydrogen-bond acceptors (Lipinski definition) is 5. The highest BCUT2D eigenvalue weighted by molar-refractivity contribution is 7.09. The van der Waals surface area contributed by atoms with E-state index < -0.39 is 0 Å². The Bertz CT molecular complexity index is 1180. The highest BCUT2D eigenvalue weighted by Gasteiger charge is 2.17. The van der Waals surface area contributed by atoms with E-state index in [1.54, 1.807) is 47.7 Å². The number of carbonyl (C=O) groups excluding carboxylic acids is 1. The minimum Gasteiger partial charge on any atom is -0.436 e. The first kappa shape index (κ1) is 20.9. The van der Waals surface area contributed by atoms with E-state index in [1.165, 1.54) is 12.3 Å². The monoisotopic (exact) mass is 435 g/mol. The van der Waals surface area contributed by atoms with Crippen LogP contribution in [0.1, 0.15) is 33.9 Å². The molecule has 0 aliphatic carbocycles. The summed E-state index contributed by atoms with van der Waals surface area (Å²) in [5.41, 5.74) is 2.43. The van der Waals surface area contributed by atoms with Crippen LogP contribution in [0.25, 0.3) is 22.8 Å². The van der Waals surface area contributed by atoms with Crippen molar-refractivity contribution >= 4 is 17.2 Å². The van der Waals surface area contributed by atoms with Crippen LogP contribution in [0.3, 0.4) is 0 Å². The second-order valence-electron chi connectivity index (χ2n) is 7.15. The van der Waals surface area contributed by atoms with Crippen molar-refractivity contribution in [3.8, 4) is 22.8 Å². The second kappa shape index (κ2) is 9.66. The molecule has 1 N–H and O–H groups in total. The van der Waals surface area contributed by atoms with Gasteiger partial charge >= 0.3 is 0 Å². The lowest BCUT2D eigenvalue weighted by Gasteiger charge is -2.08. The first-order valence-electron chi connectivity index (χ1n) is 10.1. The topological polar surface area (TPSA) is 68.0 Å². The lowest BCUT2D eigenvalue weighted by molar-refractivity contribution is 0.0953. The summed E-state index contributed by atoms with van der Waals surface area (Å²) in [5.74, 6) is 0.0272. The van der Waals surface area contributed by atoms with Gasteiger partial charge in [0.1, 0.15) is 5.82 Å². The van der Waals surface area contributed by atoms with Crippen LogP contribution in [0.15, 0.2) is 64.5 Å². The number of benzene rings is 2. The maximum Gasteiger partial charge on any atom is 0.252 e. The lowest BCUT2D eigenvalue weighted by Crippen LogP contribution is -2.25. The molecule has 2 heterocycles. The molecular weight excluding hydrogens is 413 g/mol. The molecule has 31 heavy (non-hydrogen) atoms. The molecule has 5 nitrogen and oxygen atoms in total. The second-order valence-corrected chi connectivity index (χ2v) is 8.09. The molecule has 0 fully saturated rings. The van der Waals surface area contributed by atoms with Crippen molar-refractivity contribution in [2.24, 2.45) is 0 Å². The van der Waals surface area contributed by atoms with E-state index in [-0.39, 0.29) is 17.6 Å². The highest BCUT2D eigenvalue weighted by atomic mass is 32.1. The number of halogens is 1. The largest absolute Gasteiger partial charge is 0.436 e. The summed E-state index contributed by atoms with van der Waals surface area (Å²) in [7, 11) is 0. The van der Waals surface area contributed by atoms with Crippen molar-refractivity contribution in [3.05, 3.63) is 82.2 Å². The average Bonchev–Trinajstić information content (AvgIpc) is 3.43. The molecule has 0 aliphatic rings. The Balaban J connectivity index is 1.40. The molecule has 1 amide bonds. The third-order valence-corrected chi connectivity index (χ3v) is 5.84. The normalized spacial score (nSPS) is 10.9. The van der Waals surface area contributed by atoms with E-state index in [4.69, 9.17) is 4.42 Å². The zero-order valence-corrected chi connectivity index (χ0v) is 17.9. The van der Waals surface area contributed by atoms with E-state index in [1.807, 2.05) is 18.4 Å². The molecular formula is C24H22FN3O2S. The predicted octanol–water partition coefficient (Wildman–Crippen LogP) is 5.67. The molecule has 0 atom stereocenters. The summed E-state index contributed by atoms with van der Waals surface area (Å²) in [5, 5.41) is 6.14. The smallest absolute Gasteiger partial charge is 0.252 e. The first-order chi connectivity index (χ1) is 15.1. The van der Waals surface area contributed by atoms with Crippen LogP contribution in [0.4, 0.5) is 4.39 Å². The van der Waals surface area contributed by atoms with Crippen LogP contribution in [-0.2, 0) is 6.42 Å². The van der Waals surface area contributed by atoms with Gasteiger partial charge in [0.05, 0.1) is 22.3 Å². The van der Waals surface area contributed by atoms with Gasteiger partial charge in [-0.3, -0.25) is 4.79 Å². The third-order valence-electron chi connectivity index (χ3n) is 4.82. The lowest BCUT2D eigenvalue weighted by atomic mass is 10.1. The molecule has 0 spiro atoms. The van der Waals surface area contributed by atoms with Gasteiger partial charge < -0.3 is 9.73 Å². The van der Waals surface area contributed by atoms with Crippen molar-refractivity contribution in [3.63, 3.8) is 0 Å². The molecule has 2 aromatic carbocycles. The Kier molecular flexibility index (Phi) is 6.52. The molecule has 4 rings (SSSR count). The number of rotatable bonds is 8. The summed E-state index contributed by atoms with van der Waals surface area (Å²) in [6.07, 6.45) is 4.21. The molecule has 7 heteroatoms. The SMILES string of the molecule is Cc1csc(CCCCNC(=O)c2ccccc2-c2ncc(-c3ccccc3F)o2)n1. The molecule has 0 radical (unpaired) electrons. The first-order valence-corrected chi connectivity index (χ1v) is 11.0. The number of nitrogens with zero attached hydrogens (tertiary/aromatic N) is 2. The molecule has 2 aromatic heterocycles. The summed E-state index contributed by atoms with van der Waals surface area (Å²) < 4.78 is 19.8. The Morgan fingerprint density at radius 2 is 1.87 bits per heavy atom. The standard InChI is InChI=1S/C24H22FN3O2S/c1-16-15-31-22(28-16)12-6-7-13-26-23(29)17-8-2-3-9-18(17)24-27-14-21(30-24)19-10-4-5-11-20(19)25/h2-5,8-11,14-15H,6-7,12-13H2,1H3,(H,26,29). The fourth-order valence-electron chi connectivity index (χ4n) is 3.27. The number of oxazole rings is 1. The van der Waals surface area contributed by atoms with Crippen LogP contribution in [-0.4, -0.2) is 22.4 Å². The van der Waals surface area contributed by atoms with Gasteiger partial charge in [0.2, 0.25) is 5.89 Å². The van der Waals surface area contributed by atoms with Gasteiger partial charge in [-0.1, -0.05) is 24.3 Å². The summed E-state index contributed by atoms with van der Waals surface area (Å²) in [6, 6.07) is 13.5. The number of unbranched alkanes of at least 4 members (excludes halogenated alkanes) is 1. The van der Waals surface area contributed by atoms with E-state index >= 15 is 0 Å². The number of hydrogen-bond donors (Lipinski definition) is 1. The number of aromatic nitrogens is 2. The van der Waals surface area contributed by atoms with E-state index in [0.29, 0.717) is 29.0 Å². The third kappa shape index (κ3) is 5.06. The molecule has 0 unspecified atom stereocenters. The van der Waals surface area contributed by atoms with Crippen molar-refractivity contribution in [1.29, 1.82) is 0 Å². The van der Waals surface area contributed by atoms with E-state index in [0.717, 1.165) is 30.0 Å². The number of amides is 1. The highest BCUT2D eigenvalue weighted by Crippen LogP contribution is 2.29. The van der Waals surface area contributed by atoms with Crippen LogP contribution < -0.4 is 5.32 Å². The molecule has 0 saturated carbocycles. The fourth-order valence-corrected chi connectivity index (χ4v) is 4.09. The van der Waals surface area contributed by atoms with Crippen LogP contribution in [0.5, 0.6) is 0 Å². The fraction of sp³-hybridized carbons (Fsp3) is 0.208. The molecule has 4 aromatic rings. The van der Waals surface area contributed by atoms with Gasteiger partial charge in [0.15, 0.2) is 5.76 Å². The van der Waals surface area contributed by atoms with Crippen molar-refractivity contribution < 1.29 is 13.6 Å². The molecule has 0 aliphatic heterocycles. The number of nitrogens with one attached hydrogen (secondary N) is 1. The summed E-state index contributed by atoms with van der Waals surface area (Å²) in [4.78, 5) is 21.5. The predicted molar refractivity (Wildman–Crippen MR) is 119 cm³/mol. The number of aryl methyl sites for hydroxylation is 2. The van der Waals surface area contributed by atoms with Gasteiger partial charge in [0.25, 0.3) is 5.91 Å². The maximum atomic E-state index is 14.1. The Hall–Kier alpha value is -3.32.